The standard InChI is InChI=1S/C11H18O2/c1-2-4-9-5-3-6-10(9)11-12-7-8-13-11/h2,9-11H,1,3-8H2/t9-,10-/m1/s1. The second kappa shape index (κ2) is 4.25. The number of hydrogen-bond acceptors (Lipinski definition) is 2. The van der Waals surface area contributed by atoms with E-state index in [0.717, 1.165) is 25.6 Å². The molecule has 1 aliphatic carbocycles. The molecule has 0 radical (unpaired) electrons. The fraction of sp³-hybridized carbons (Fsp3) is 0.818. The molecule has 2 nitrogen and oxygen atoms in total. The van der Waals surface area contributed by atoms with Crippen molar-refractivity contribution in [1.82, 2.24) is 0 Å². The van der Waals surface area contributed by atoms with Gasteiger partial charge < -0.3 is 9.47 Å². The molecule has 0 aromatic heterocycles. The van der Waals surface area contributed by atoms with Gasteiger partial charge in [0.05, 0.1) is 13.2 Å². The monoisotopic (exact) mass is 182 g/mol. The highest BCUT2D eigenvalue weighted by molar-refractivity contribution is 4.85. The first-order valence-electron chi connectivity index (χ1n) is 5.26. The van der Waals surface area contributed by atoms with E-state index < -0.39 is 0 Å². The Hall–Kier alpha value is -0.340. The van der Waals surface area contributed by atoms with Gasteiger partial charge in [-0.2, -0.15) is 0 Å². The average molecular weight is 182 g/mol. The Morgan fingerprint density at radius 3 is 2.69 bits per heavy atom. The molecular weight excluding hydrogens is 164 g/mol. The van der Waals surface area contributed by atoms with E-state index in [1.165, 1.54) is 19.3 Å². The smallest absolute Gasteiger partial charge is 0.160 e. The Morgan fingerprint density at radius 1 is 1.23 bits per heavy atom. The zero-order chi connectivity index (χ0) is 9.10. The van der Waals surface area contributed by atoms with Crippen molar-refractivity contribution in [3.8, 4) is 0 Å². The number of rotatable bonds is 3. The Balaban J connectivity index is 1.91. The van der Waals surface area contributed by atoms with Crippen molar-refractivity contribution in [3.63, 3.8) is 0 Å². The number of hydrogen-bond donors (Lipinski definition) is 0. The van der Waals surface area contributed by atoms with Gasteiger partial charge in [-0.25, -0.2) is 0 Å². The van der Waals surface area contributed by atoms with E-state index >= 15 is 0 Å². The molecule has 74 valence electrons. The maximum atomic E-state index is 5.56. The molecule has 2 heteroatoms. The molecular formula is C11H18O2. The van der Waals surface area contributed by atoms with Crippen LogP contribution in [0.5, 0.6) is 0 Å². The lowest BCUT2D eigenvalue weighted by molar-refractivity contribution is -0.0929. The SMILES string of the molecule is C=CC[C@@H]1CCC[C@H]1C1OCCO1. The van der Waals surface area contributed by atoms with Gasteiger partial charge in [0.25, 0.3) is 0 Å². The average Bonchev–Trinajstić information content (AvgIpc) is 2.71. The van der Waals surface area contributed by atoms with Gasteiger partial charge in [0.1, 0.15) is 0 Å². The van der Waals surface area contributed by atoms with Gasteiger partial charge >= 0.3 is 0 Å². The maximum absolute atomic E-state index is 5.56. The van der Waals surface area contributed by atoms with E-state index in [9.17, 15) is 0 Å². The Bertz CT molecular complexity index is 173. The Kier molecular flexibility index (Phi) is 3.01. The maximum Gasteiger partial charge on any atom is 0.160 e. The van der Waals surface area contributed by atoms with Crippen LogP contribution in [0.1, 0.15) is 25.7 Å². The van der Waals surface area contributed by atoms with Crippen LogP contribution in [-0.2, 0) is 9.47 Å². The minimum Gasteiger partial charge on any atom is -0.350 e. The second-order valence-electron chi connectivity index (χ2n) is 3.99. The third-order valence-electron chi connectivity index (χ3n) is 3.18. The van der Waals surface area contributed by atoms with Crippen LogP contribution in [0.25, 0.3) is 0 Å². The minimum atomic E-state index is 0.0902. The molecule has 0 spiro atoms. The lowest BCUT2D eigenvalue weighted by atomic mass is 9.92. The second-order valence-corrected chi connectivity index (χ2v) is 3.99. The van der Waals surface area contributed by atoms with Crippen molar-refractivity contribution in [1.29, 1.82) is 0 Å². The normalized spacial score (nSPS) is 35.4. The van der Waals surface area contributed by atoms with Crippen LogP contribution >= 0.6 is 0 Å². The summed E-state index contributed by atoms with van der Waals surface area (Å²) in [5.41, 5.74) is 0. The topological polar surface area (TPSA) is 18.5 Å². The molecule has 2 atom stereocenters. The Morgan fingerprint density at radius 2 is 2.00 bits per heavy atom. The molecule has 2 rings (SSSR count). The zero-order valence-corrected chi connectivity index (χ0v) is 8.08. The molecule has 1 aliphatic heterocycles. The van der Waals surface area contributed by atoms with Gasteiger partial charge in [-0.05, 0) is 25.2 Å². The van der Waals surface area contributed by atoms with Gasteiger partial charge in [-0.3, -0.25) is 0 Å². The zero-order valence-electron chi connectivity index (χ0n) is 8.08. The van der Waals surface area contributed by atoms with Gasteiger partial charge in [0.15, 0.2) is 6.29 Å². The summed E-state index contributed by atoms with van der Waals surface area (Å²) >= 11 is 0. The predicted molar refractivity (Wildman–Crippen MR) is 51.3 cm³/mol. The molecule has 13 heavy (non-hydrogen) atoms. The number of allylic oxidation sites excluding steroid dienone is 1. The lowest BCUT2D eigenvalue weighted by Gasteiger charge is -2.22. The van der Waals surface area contributed by atoms with Crippen LogP contribution in [0, 0.1) is 11.8 Å². The summed E-state index contributed by atoms with van der Waals surface area (Å²) in [5.74, 6) is 1.38. The molecule has 0 bridgehead atoms. The van der Waals surface area contributed by atoms with Crippen LogP contribution in [0.2, 0.25) is 0 Å². The summed E-state index contributed by atoms with van der Waals surface area (Å²) in [7, 11) is 0. The van der Waals surface area contributed by atoms with Crippen molar-refractivity contribution in [3.05, 3.63) is 12.7 Å². The quantitative estimate of drug-likeness (QED) is 0.624. The van der Waals surface area contributed by atoms with Gasteiger partial charge in [-0.15, -0.1) is 6.58 Å². The van der Waals surface area contributed by atoms with Crippen molar-refractivity contribution in [2.75, 3.05) is 13.2 Å². The van der Waals surface area contributed by atoms with E-state index in [1.807, 2.05) is 6.08 Å². The summed E-state index contributed by atoms with van der Waals surface area (Å²) < 4.78 is 11.1. The first-order chi connectivity index (χ1) is 6.42. The van der Waals surface area contributed by atoms with Crippen molar-refractivity contribution in [2.24, 2.45) is 11.8 Å². The minimum absolute atomic E-state index is 0.0902. The molecule has 1 heterocycles. The fourth-order valence-electron chi connectivity index (χ4n) is 2.55. The highest BCUT2D eigenvalue weighted by Gasteiger charge is 2.35. The molecule has 2 fully saturated rings. The first kappa shape index (κ1) is 9.22. The highest BCUT2D eigenvalue weighted by Crippen LogP contribution is 2.38. The first-order valence-corrected chi connectivity index (χ1v) is 5.26. The fourth-order valence-corrected chi connectivity index (χ4v) is 2.55. The summed E-state index contributed by atoms with van der Waals surface area (Å²) in [5, 5.41) is 0. The van der Waals surface area contributed by atoms with E-state index in [4.69, 9.17) is 9.47 Å². The van der Waals surface area contributed by atoms with Crippen LogP contribution in [0.3, 0.4) is 0 Å². The largest absolute Gasteiger partial charge is 0.350 e. The van der Waals surface area contributed by atoms with E-state index in [-0.39, 0.29) is 6.29 Å². The van der Waals surface area contributed by atoms with Crippen molar-refractivity contribution >= 4 is 0 Å². The van der Waals surface area contributed by atoms with Crippen LogP contribution in [0.4, 0.5) is 0 Å². The van der Waals surface area contributed by atoms with Crippen LogP contribution in [-0.4, -0.2) is 19.5 Å². The molecule has 0 aromatic carbocycles. The van der Waals surface area contributed by atoms with E-state index in [2.05, 4.69) is 6.58 Å². The molecule has 1 saturated carbocycles. The van der Waals surface area contributed by atoms with Gasteiger partial charge in [0.2, 0.25) is 0 Å². The highest BCUT2D eigenvalue weighted by atomic mass is 16.7. The third-order valence-corrected chi connectivity index (χ3v) is 3.18. The van der Waals surface area contributed by atoms with E-state index in [1.54, 1.807) is 0 Å². The molecule has 2 aliphatic rings. The summed E-state index contributed by atoms with van der Waals surface area (Å²) in [6, 6.07) is 0. The summed E-state index contributed by atoms with van der Waals surface area (Å²) in [4.78, 5) is 0. The lowest BCUT2D eigenvalue weighted by Crippen LogP contribution is -2.24. The van der Waals surface area contributed by atoms with Crippen LogP contribution < -0.4 is 0 Å². The molecule has 0 N–H and O–H groups in total. The van der Waals surface area contributed by atoms with Crippen molar-refractivity contribution < 1.29 is 9.47 Å². The molecule has 0 amide bonds. The van der Waals surface area contributed by atoms with Gasteiger partial charge in [0, 0.05) is 5.92 Å². The van der Waals surface area contributed by atoms with Crippen molar-refractivity contribution in [2.45, 2.75) is 32.0 Å². The predicted octanol–water partition coefficient (Wildman–Crippen LogP) is 2.35. The number of ether oxygens (including phenoxy) is 2. The summed E-state index contributed by atoms with van der Waals surface area (Å²) in [6.45, 7) is 5.36. The molecule has 1 saturated heterocycles. The van der Waals surface area contributed by atoms with Crippen LogP contribution in [0.15, 0.2) is 12.7 Å². The molecule has 0 aromatic rings. The Labute approximate surface area is 79.9 Å². The van der Waals surface area contributed by atoms with E-state index in [0.29, 0.717) is 5.92 Å². The van der Waals surface area contributed by atoms with Gasteiger partial charge in [-0.1, -0.05) is 12.5 Å². The summed E-state index contributed by atoms with van der Waals surface area (Å²) in [6.07, 6.45) is 7.15. The molecule has 0 unspecified atom stereocenters. The third kappa shape index (κ3) is 1.94.